The highest BCUT2D eigenvalue weighted by Gasteiger charge is 2.30. The van der Waals surface area contributed by atoms with Gasteiger partial charge in [-0.25, -0.2) is 0 Å². The van der Waals surface area contributed by atoms with Gasteiger partial charge in [0.2, 0.25) is 0 Å². The van der Waals surface area contributed by atoms with Crippen molar-refractivity contribution in [3.63, 3.8) is 0 Å². The Kier molecular flexibility index (Phi) is 3.84. The number of nitrogens with zero attached hydrogens (tertiary/aromatic N) is 1. The molecule has 2 aromatic carbocycles. The number of hydrogen-bond acceptors (Lipinski definition) is 2. The fourth-order valence-corrected chi connectivity index (χ4v) is 2.99. The molecule has 1 atom stereocenters. The summed E-state index contributed by atoms with van der Waals surface area (Å²) in [6, 6.07) is 15.4. The third kappa shape index (κ3) is 2.74. The smallest absolute Gasteiger partial charge is 0.254 e. The Morgan fingerprint density at radius 2 is 1.95 bits per heavy atom. The number of carbonyl (C=O) groups is 1. The fourth-order valence-electron chi connectivity index (χ4n) is 2.87. The van der Waals surface area contributed by atoms with E-state index in [0.29, 0.717) is 16.3 Å². The van der Waals surface area contributed by atoms with Gasteiger partial charge < -0.3 is 10.6 Å². The first-order valence-electron chi connectivity index (χ1n) is 7.08. The minimum Gasteiger partial charge on any atom is -0.398 e. The maximum Gasteiger partial charge on any atom is 0.254 e. The number of likely N-dealkylation sites (tertiary alicyclic amines) is 1. The van der Waals surface area contributed by atoms with Gasteiger partial charge in [0.15, 0.2) is 0 Å². The second kappa shape index (κ2) is 5.78. The molecule has 108 valence electrons. The van der Waals surface area contributed by atoms with Gasteiger partial charge in [-0.3, -0.25) is 4.79 Å². The van der Waals surface area contributed by atoms with Crippen LogP contribution in [0.4, 0.5) is 5.69 Å². The van der Waals surface area contributed by atoms with Crippen molar-refractivity contribution in [2.24, 2.45) is 0 Å². The summed E-state index contributed by atoms with van der Waals surface area (Å²) in [4.78, 5) is 14.7. The molecule has 1 fully saturated rings. The predicted octanol–water partition coefficient (Wildman–Crippen LogP) is 3.90. The van der Waals surface area contributed by atoms with Crippen molar-refractivity contribution in [2.45, 2.75) is 18.9 Å². The predicted molar refractivity (Wildman–Crippen MR) is 85.3 cm³/mol. The van der Waals surface area contributed by atoms with Gasteiger partial charge in [0, 0.05) is 12.1 Å². The molecule has 1 heterocycles. The summed E-state index contributed by atoms with van der Waals surface area (Å²) in [5, 5.41) is 0.479. The topological polar surface area (TPSA) is 46.3 Å². The van der Waals surface area contributed by atoms with E-state index in [2.05, 4.69) is 12.1 Å². The molecule has 0 aromatic heterocycles. The van der Waals surface area contributed by atoms with Gasteiger partial charge in [0.25, 0.3) is 5.91 Å². The summed E-state index contributed by atoms with van der Waals surface area (Å²) in [5.41, 5.74) is 8.03. The molecule has 2 aromatic rings. The third-order valence-electron chi connectivity index (χ3n) is 3.94. The van der Waals surface area contributed by atoms with Crippen LogP contribution in [0.5, 0.6) is 0 Å². The van der Waals surface area contributed by atoms with Crippen molar-refractivity contribution in [1.82, 2.24) is 4.90 Å². The van der Waals surface area contributed by atoms with Crippen LogP contribution in [0.25, 0.3) is 0 Å². The maximum atomic E-state index is 12.7. The molecule has 0 radical (unpaired) electrons. The number of carbonyl (C=O) groups excluding carboxylic acids is 1. The van der Waals surface area contributed by atoms with Crippen LogP contribution < -0.4 is 5.73 Å². The highest BCUT2D eigenvalue weighted by atomic mass is 35.5. The van der Waals surface area contributed by atoms with Gasteiger partial charge >= 0.3 is 0 Å². The Bertz CT molecular complexity index is 657. The van der Waals surface area contributed by atoms with Crippen molar-refractivity contribution in [1.29, 1.82) is 0 Å². The molecule has 2 N–H and O–H groups in total. The second-order valence-corrected chi connectivity index (χ2v) is 5.71. The lowest BCUT2D eigenvalue weighted by Gasteiger charge is -2.25. The van der Waals surface area contributed by atoms with E-state index in [9.17, 15) is 4.79 Å². The van der Waals surface area contributed by atoms with Gasteiger partial charge in [-0.05, 0) is 36.6 Å². The molecule has 0 bridgehead atoms. The zero-order chi connectivity index (χ0) is 14.8. The summed E-state index contributed by atoms with van der Waals surface area (Å²) in [6.45, 7) is 0.779. The second-order valence-electron chi connectivity index (χ2n) is 5.30. The maximum absolute atomic E-state index is 12.7. The molecule has 21 heavy (non-hydrogen) atoms. The van der Waals surface area contributed by atoms with E-state index in [0.717, 1.165) is 19.4 Å². The lowest BCUT2D eigenvalue weighted by Crippen LogP contribution is -2.30. The lowest BCUT2D eigenvalue weighted by atomic mass is 10.0. The Hall–Kier alpha value is -2.00. The molecule has 0 aliphatic carbocycles. The fraction of sp³-hybridized carbons (Fsp3) is 0.235. The number of anilines is 1. The van der Waals surface area contributed by atoms with E-state index in [1.165, 1.54) is 5.56 Å². The van der Waals surface area contributed by atoms with Crippen molar-refractivity contribution < 1.29 is 4.79 Å². The molecular formula is C17H17ClN2O. The summed E-state index contributed by atoms with van der Waals surface area (Å²) in [6.07, 6.45) is 2.02. The highest BCUT2D eigenvalue weighted by molar-refractivity contribution is 6.33. The first kappa shape index (κ1) is 14.0. The standard InChI is InChI=1S/C17H17ClN2O/c18-14-9-8-13(11-15(14)19)17(21)20-10-4-7-16(20)12-5-2-1-3-6-12/h1-3,5-6,8-9,11,16H,4,7,10,19H2. The van der Waals surface area contributed by atoms with E-state index in [-0.39, 0.29) is 11.9 Å². The molecular weight excluding hydrogens is 284 g/mol. The molecule has 1 unspecified atom stereocenters. The third-order valence-corrected chi connectivity index (χ3v) is 4.29. The summed E-state index contributed by atoms with van der Waals surface area (Å²) in [5.74, 6) is 0.0183. The van der Waals surface area contributed by atoms with Crippen LogP contribution in [-0.4, -0.2) is 17.4 Å². The van der Waals surface area contributed by atoms with Crippen LogP contribution in [0, 0.1) is 0 Å². The zero-order valence-electron chi connectivity index (χ0n) is 11.6. The summed E-state index contributed by atoms with van der Waals surface area (Å²) in [7, 11) is 0. The quantitative estimate of drug-likeness (QED) is 0.855. The summed E-state index contributed by atoms with van der Waals surface area (Å²) < 4.78 is 0. The van der Waals surface area contributed by atoms with Crippen LogP contribution in [0.2, 0.25) is 5.02 Å². The van der Waals surface area contributed by atoms with Gasteiger partial charge in [-0.2, -0.15) is 0 Å². The molecule has 4 heteroatoms. The van der Waals surface area contributed by atoms with Gasteiger partial charge in [-0.15, -0.1) is 0 Å². The largest absolute Gasteiger partial charge is 0.398 e. The van der Waals surface area contributed by atoms with E-state index in [4.69, 9.17) is 17.3 Å². The number of nitrogens with two attached hydrogens (primary N) is 1. The Morgan fingerprint density at radius 3 is 2.67 bits per heavy atom. The van der Waals surface area contributed by atoms with E-state index >= 15 is 0 Å². The number of amides is 1. The lowest BCUT2D eigenvalue weighted by molar-refractivity contribution is 0.0735. The van der Waals surface area contributed by atoms with Crippen LogP contribution in [-0.2, 0) is 0 Å². The molecule has 1 aliphatic heterocycles. The molecule has 1 saturated heterocycles. The van der Waals surface area contributed by atoms with Crippen molar-refractivity contribution >= 4 is 23.2 Å². The van der Waals surface area contributed by atoms with Crippen molar-refractivity contribution in [2.75, 3.05) is 12.3 Å². The van der Waals surface area contributed by atoms with Crippen molar-refractivity contribution in [3.8, 4) is 0 Å². The highest BCUT2D eigenvalue weighted by Crippen LogP contribution is 2.33. The van der Waals surface area contributed by atoms with Crippen LogP contribution in [0.3, 0.4) is 0 Å². The monoisotopic (exact) mass is 300 g/mol. The van der Waals surface area contributed by atoms with Crippen LogP contribution >= 0.6 is 11.6 Å². The van der Waals surface area contributed by atoms with Gasteiger partial charge in [-0.1, -0.05) is 41.9 Å². The zero-order valence-corrected chi connectivity index (χ0v) is 12.4. The molecule has 1 aliphatic rings. The van der Waals surface area contributed by atoms with Gasteiger partial charge in [0.05, 0.1) is 16.8 Å². The molecule has 0 spiro atoms. The number of halogens is 1. The Morgan fingerprint density at radius 1 is 1.19 bits per heavy atom. The van der Waals surface area contributed by atoms with E-state index in [1.54, 1.807) is 18.2 Å². The number of nitrogen functional groups attached to an aromatic ring is 1. The van der Waals surface area contributed by atoms with Gasteiger partial charge in [0.1, 0.15) is 0 Å². The molecule has 0 saturated carbocycles. The molecule has 3 nitrogen and oxygen atoms in total. The first-order valence-corrected chi connectivity index (χ1v) is 7.45. The first-order chi connectivity index (χ1) is 10.2. The number of benzene rings is 2. The number of hydrogen-bond donors (Lipinski definition) is 1. The van der Waals surface area contributed by atoms with E-state index in [1.807, 2.05) is 23.1 Å². The van der Waals surface area contributed by atoms with Crippen LogP contribution in [0.15, 0.2) is 48.5 Å². The molecule has 1 amide bonds. The molecule has 3 rings (SSSR count). The average Bonchev–Trinajstić information content (AvgIpc) is 2.99. The minimum atomic E-state index is 0.0183. The van der Waals surface area contributed by atoms with Crippen molar-refractivity contribution in [3.05, 3.63) is 64.7 Å². The van der Waals surface area contributed by atoms with E-state index < -0.39 is 0 Å². The Balaban J connectivity index is 1.88. The number of rotatable bonds is 2. The minimum absolute atomic E-state index is 0.0183. The Labute approximate surface area is 129 Å². The average molecular weight is 301 g/mol. The SMILES string of the molecule is Nc1cc(C(=O)N2CCCC2c2ccccc2)ccc1Cl. The summed E-state index contributed by atoms with van der Waals surface area (Å²) >= 11 is 5.92. The normalized spacial score (nSPS) is 18.0. The van der Waals surface area contributed by atoms with Crippen LogP contribution in [0.1, 0.15) is 34.8 Å².